The maximum Gasteiger partial charge on any atom is 0.494 e. The lowest BCUT2D eigenvalue weighted by Crippen LogP contribution is -2.41. The SMILES string of the molecule is Cc1cc(B2OC(C)(C)C(C)(C)O2)cc(S(=O)(=O)NCCCCNC(=O)OC(C)(C)C)c1. The van der Waals surface area contributed by atoms with Gasteiger partial charge in [0.05, 0.1) is 16.1 Å². The maximum absolute atomic E-state index is 12.8. The van der Waals surface area contributed by atoms with Gasteiger partial charge in [0.2, 0.25) is 10.0 Å². The lowest BCUT2D eigenvalue weighted by atomic mass is 9.78. The van der Waals surface area contributed by atoms with Gasteiger partial charge in [-0.15, -0.1) is 0 Å². The number of rotatable bonds is 8. The summed E-state index contributed by atoms with van der Waals surface area (Å²) in [6.07, 6.45) is 0.715. The van der Waals surface area contributed by atoms with Crippen molar-refractivity contribution in [1.82, 2.24) is 10.0 Å². The van der Waals surface area contributed by atoms with Gasteiger partial charge < -0.3 is 19.4 Å². The molecule has 1 heterocycles. The van der Waals surface area contributed by atoms with Gasteiger partial charge in [0, 0.05) is 13.1 Å². The number of aryl methyl sites for hydroxylation is 1. The van der Waals surface area contributed by atoms with E-state index in [1.807, 2.05) is 40.7 Å². The van der Waals surface area contributed by atoms with Gasteiger partial charge in [-0.1, -0.05) is 11.6 Å². The maximum atomic E-state index is 12.8. The highest BCUT2D eigenvalue weighted by Gasteiger charge is 2.51. The fraction of sp³-hybridized carbons (Fsp3) is 0.682. The first-order valence-electron chi connectivity index (χ1n) is 11.0. The van der Waals surface area contributed by atoms with Crippen molar-refractivity contribution in [2.75, 3.05) is 13.1 Å². The first kappa shape index (κ1) is 26.6. The highest BCUT2D eigenvalue weighted by molar-refractivity contribution is 7.89. The standard InChI is InChI=1S/C22H37BN2O6S/c1-16-13-17(23-30-21(5,6)22(7,8)31-23)15-18(14-16)32(27,28)25-12-10-9-11-24-19(26)29-20(2,3)4/h13-15,25H,9-12H2,1-8H3,(H,24,26). The van der Waals surface area contributed by atoms with Crippen molar-refractivity contribution in [2.45, 2.75) is 89.9 Å². The molecule has 8 nitrogen and oxygen atoms in total. The summed E-state index contributed by atoms with van der Waals surface area (Å²) in [6, 6.07) is 5.10. The van der Waals surface area contributed by atoms with E-state index in [0.29, 0.717) is 24.8 Å². The van der Waals surface area contributed by atoms with E-state index in [4.69, 9.17) is 14.0 Å². The molecule has 1 aliphatic rings. The number of carbonyl (C=O) groups is 1. The zero-order valence-electron chi connectivity index (χ0n) is 20.5. The Balaban J connectivity index is 1.92. The number of ether oxygens (including phenoxy) is 1. The monoisotopic (exact) mass is 468 g/mol. The second kappa shape index (κ2) is 9.71. The lowest BCUT2D eigenvalue weighted by Gasteiger charge is -2.32. The second-order valence-corrected chi connectivity index (χ2v) is 12.0. The van der Waals surface area contributed by atoms with Crippen LogP contribution in [0.1, 0.15) is 66.9 Å². The number of carbonyl (C=O) groups excluding carboxylic acids is 1. The number of nitrogens with one attached hydrogen (secondary N) is 2. The Labute approximate surface area is 193 Å². The predicted octanol–water partition coefficient (Wildman–Crippen LogP) is 2.88. The van der Waals surface area contributed by atoms with Crippen molar-refractivity contribution in [1.29, 1.82) is 0 Å². The number of hydrogen-bond acceptors (Lipinski definition) is 6. The Kier molecular flexibility index (Phi) is 8.08. The van der Waals surface area contributed by atoms with E-state index in [1.165, 1.54) is 0 Å². The third kappa shape index (κ3) is 7.20. The van der Waals surface area contributed by atoms with Gasteiger partial charge in [-0.2, -0.15) is 0 Å². The second-order valence-electron chi connectivity index (χ2n) is 10.2. The molecule has 32 heavy (non-hydrogen) atoms. The van der Waals surface area contributed by atoms with E-state index in [1.54, 1.807) is 32.9 Å². The molecule has 0 atom stereocenters. The number of benzene rings is 1. The molecule has 0 bridgehead atoms. The highest BCUT2D eigenvalue weighted by atomic mass is 32.2. The first-order chi connectivity index (χ1) is 14.5. The van der Waals surface area contributed by atoms with Crippen molar-refractivity contribution >= 4 is 28.7 Å². The molecular weight excluding hydrogens is 431 g/mol. The summed E-state index contributed by atoms with van der Waals surface area (Å²) in [5, 5.41) is 2.66. The van der Waals surface area contributed by atoms with Crippen LogP contribution in [0.4, 0.5) is 4.79 Å². The molecule has 2 N–H and O–H groups in total. The van der Waals surface area contributed by atoms with Crippen LogP contribution in [0.2, 0.25) is 0 Å². The van der Waals surface area contributed by atoms with Crippen molar-refractivity contribution in [3.63, 3.8) is 0 Å². The summed E-state index contributed by atoms with van der Waals surface area (Å²) < 4.78 is 45.6. The summed E-state index contributed by atoms with van der Waals surface area (Å²) in [7, 11) is -4.32. The van der Waals surface area contributed by atoms with E-state index in [2.05, 4.69) is 10.0 Å². The lowest BCUT2D eigenvalue weighted by molar-refractivity contribution is 0.00578. The molecule has 1 aromatic carbocycles. The van der Waals surface area contributed by atoms with Gasteiger partial charge in [0.25, 0.3) is 0 Å². The molecule has 1 aliphatic heterocycles. The first-order valence-corrected chi connectivity index (χ1v) is 12.4. The van der Waals surface area contributed by atoms with Crippen LogP contribution >= 0.6 is 0 Å². The van der Waals surface area contributed by atoms with E-state index in [0.717, 1.165) is 5.56 Å². The van der Waals surface area contributed by atoms with Crippen LogP contribution in [0.5, 0.6) is 0 Å². The molecule has 0 unspecified atom stereocenters. The molecule has 180 valence electrons. The molecule has 0 spiro atoms. The molecule has 10 heteroatoms. The third-order valence-electron chi connectivity index (χ3n) is 5.47. The molecule has 0 aromatic heterocycles. The Morgan fingerprint density at radius 3 is 2.16 bits per heavy atom. The number of hydrogen-bond donors (Lipinski definition) is 2. The van der Waals surface area contributed by atoms with E-state index in [9.17, 15) is 13.2 Å². The van der Waals surface area contributed by atoms with Crippen molar-refractivity contribution in [3.8, 4) is 0 Å². The van der Waals surface area contributed by atoms with Crippen molar-refractivity contribution in [3.05, 3.63) is 23.8 Å². The Morgan fingerprint density at radius 2 is 1.59 bits per heavy atom. The van der Waals surface area contributed by atoms with E-state index in [-0.39, 0.29) is 11.4 Å². The Morgan fingerprint density at radius 1 is 1.03 bits per heavy atom. The van der Waals surface area contributed by atoms with Crippen LogP contribution in [0.15, 0.2) is 23.1 Å². The average Bonchev–Trinajstić information content (AvgIpc) is 2.83. The van der Waals surface area contributed by atoms with Crippen LogP contribution in [0, 0.1) is 6.92 Å². The van der Waals surface area contributed by atoms with Crippen LogP contribution in [0.25, 0.3) is 0 Å². The average molecular weight is 468 g/mol. The molecule has 2 rings (SSSR count). The minimum absolute atomic E-state index is 0.175. The summed E-state index contributed by atoms with van der Waals surface area (Å²) >= 11 is 0. The van der Waals surface area contributed by atoms with Gasteiger partial charge in [0.1, 0.15) is 5.60 Å². The largest absolute Gasteiger partial charge is 0.494 e. The highest BCUT2D eigenvalue weighted by Crippen LogP contribution is 2.36. The minimum Gasteiger partial charge on any atom is -0.444 e. The summed E-state index contributed by atoms with van der Waals surface area (Å²) in [5.41, 5.74) is -0.0883. The van der Waals surface area contributed by atoms with Gasteiger partial charge in [-0.3, -0.25) is 0 Å². The molecule has 0 saturated carbocycles. The van der Waals surface area contributed by atoms with Crippen LogP contribution in [-0.4, -0.2) is 51.5 Å². The number of unbranched alkanes of at least 4 members (excludes halogenated alkanes) is 1. The zero-order chi connectivity index (χ0) is 24.4. The van der Waals surface area contributed by atoms with Crippen LogP contribution in [-0.2, 0) is 24.1 Å². The van der Waals surface area contributed by atoms with E-state index < -0.39 is 40.0 Å². The van der Waals surface area contributed by atoms with Gasteiger partial charge >= 0.3 is 13.2 Å². The van der Waals surface area contributed by atoms with Crippen LogP contribution < -0.4 is 15.5 Å². The van der Waals surface area contributed by atoms with Crippen molar-refractivity contribution < 1.29 is 27.3 Å². The molecule has 0 radical (unpaired) electrons. The summed E-state index contributed by atoms with van der Waals surface area (Å²) in [6.45, 7) is 15.7. The molecule has 0 aliphatic carbocycles. The fourth-order valence-electron chi connectivity index (χ4n) is 3.09. The van der Waals surface area contributed by atoms with Crippen molar-refractivity contribution in [2.24, 2.45) is 0 Å². The van der Waals surface area contributed by atoms with Crippen LogP contribution in [0.3, 0.4) is 0 Å². The molecular formula is C22H37BN2O6S. The Hall–Kier alpha value is -1.62. The summed E-state index contributed by atoms with van der Waals surface area (Å²) in [4.78, 5) is 11.8. The van der Waals surface area contributed by atoms with E-state index >= 15 is 0 Å². The van der Waals surface area contributed by atoms with Gasteiger partial charge in [0.15, 0.2) is 0 Å². The van der Waals surface area contributed by atoms with Gasteiger partial charge in [-0.05, 0) is 85.8 Å². The molecule has 1 fully saturated rings. The third-order valence-corrected chi connectivity index (χ3v) is 6.91. The topological polar surface area (TPSA) is 103 Å². The fourth-order valence-corrected chi connectivity index (χ4v) is 4.30. The molecule has 1 amide bonds. The Bertz CT molecular complexity index is 909. The predicted molar refractivity (Wildman–Crippen MR) is 126 cm³/mol. The number of amides is 1. The zero-order valence-corrected chi connectivity index (χ0v) is 21.3. The normalized spacial score (nSPS) is 17.9. The quantitative estimate of drug-likeness (QED) is 0.449. The smallest absolute Gasteiger partial charge is 0.444 e. The minimum atomic E-state index is -3.69. The molecule has 1 aromatic rings. The summed E-state index contributed by atoms with van der Waals surface area (Å²) in [5.74, 6) is 0. The number of alkyl carbamates (subject to hydrolysis) is 1. The van der Waals surface area contributed by atoms with Gasteiger partial charge in [-0.25, -0.2) is 17.9 Å². The molecule has 1 saturated heterocycles. The number of sulfonamides is 1.